The van der Waals surface area contributed by atoms with Gasteiger partial charge in [-0.05, 0) is 80.0 Å². The van der Waals surface area contributed by atoms with Crippen LogP contribution in [0.15, 0.2) is 47.3 Å². The highest BCUT2D eigenvalue weighted by molar-refractivity contribution is 6.42. The second kappa shape index (κ2) is 11.1. The quantitative estimate of drug-likeness (QED) is 0.485. The van der Waals surface area contributed by atoms with Gasteiger partial charge in [0.1, 0.15) is 5.82 Å². The summed E-state index contributed by atoms with van der Waals surface area (Å²) in [6.45, 7) is 3.03. The summed E-state index contributed by atoms with van der Waals surface area (Å²) in [5.74, 6) is -0.160. The molecule has 196 valence electrons. The number of likely N-dealkylation sites (tertiary alicyclic amines) is 2. The maximum Gasteiger partial charge on any atom is 0.254 e. The number of hydrogen-bond donors (Lipinski definition) is 2. The smallest absolute Gasteiger partial charge is 0.254 e. The molecule has 3 heterocycles. The van der Waals surface area contributed by atoms with Crippen LogP contribution in [0.3, 0.4) is 0 Å². The first-order valence-electron chi connectivity index (χ1n) is 12.7. The summed E-state index contributed by atoms with van der Waals surface area (Å²) in [5, 5.41) is 11.7. The molecule has 3 aromatic rings. The summed E-state index contributed by atoms with van der Waals surface area (Å²) in [6, 6.07) is 11.4. The molecule has 1 amide bonds. The third-order valence-electron chi connectivity index (χ3n) is 7.94. The van der Waals surface area contributed by atoms with E-state index in [1.165, 1.54) is 24.3 Å². The molecule has 2 unspecified atom stereocenters. The molecule has 2 aromatic carbocycles. The van der Waals surface area contributed by atoms with Crippen molar-refractivity contribution in [3.8, 4) is 0 Å². The first-order chi connectivity index (χ1) is 17.8. The molecule has 2 aliphatic rings. The van der Waals surface area contributed by atoms with Crippen LogP contribution in [0.25, 0.3) is 10.9 Å². The van der Waals surface area contributed by atoms with Crippen molar-refractivity contribution in [3.05, 3.63) is 79.8 Å². The van der Waals surface area contributed by atoms with Crippen LogP contribution < -0.4 is 5.56 Å². The van der Waals surface area contributed by atoms with Crippen molar-refractivity contribution in [2.75, 3.05) is 32.8 Å². The van der Waals surface area contributed by atoms with Crippen LogP contribution in [-0.4, -0.2) is 64.6 Å². The molecule has 2 atom stereocenters. The zero-order chi connectivity index (χ0) is 26.1. The number of fused-ring (bicyclic) bond motifs is 1. The van der Waals surface area contributed by atoms with Crippen LogP contribution in [0, 0.1) is 17.7 Å². The highest BCUT2D eigenvalue weighted by Gasteiger charge is 2.34. The number of aromatic nitrogens is 1. The number of nitrogens with zero attached hydrogens (tertiary/aromatic N) is 2. The van der Waals surface area contributed by atoms with Crippen LogP contribution in [-0.2, 0) is 6.42 Å². The first-order valence-corrected chi connectivity index (χ1v) is 13.5. The van der Waals surface area contributed by atoms with E-state index in [1.54, 1.807) is 4.90 Å². The number of rotatable bonds is 5. The Morgan fingerprint density at radius 1 is 1.00 bits per heavy atom. The van der Waals surface area contributed by atoms with Gasteiger partial charge in [0.05, 0.1) is 15.6 Å². The molecular weight excluding hydrogens is 516 g/mol. The Hall–Kier alpha value is -2.45. The second-order valence-corrected chi connectivity index (χ2v) is 11.0. The van der Waals surface area contributed by atoms with Gasteiger partial charge >= 0.3 is 0 Å². The number of aromatic amines is 1. The SMILES string of the molecule is O=C(c1cc(=O)[nH]c2ccc(F)cc12)N1CCC(N2CCC(Cc3ccc(Cl)c(Cl)c3)C(CO)C2)CC1. The number of H-pyrrole nitrogens is 1. The molecule has 0 bridgehead atoms. The minimum atomic E-state index is -0.451. The fourth-order valence-electron chi connectivity index (χ4n) is 5.89. The lowest BCUT2D eigenvalue weighted by molar-refractivity contribution is 0.0242. The van der Waals surface area contributed by atoms with Crippen molar-refractivity contribution in [1.29, 1.82) is 0 Å². The Bertz CT molecular complexity index is 1360. The lowest BCUT2D eigenvalue weighted by atomic mass is 9.80. The zero-order valence-corrected chi connectivity index (χ0v) is 21.9. The lowest BCUT2D eigenvalue weighted by Crippen LogP contribution is -2.52. The Kier molecular flexibility index (Phi) is 7.86. The Labute approximate surface area is 225 Å². The van der Waals surface area contributed by atoms with Crippen molar-refractivity contribution < 1.29 is 14.3 Å². The summed E-state index contributed by atoms with van der Waals surface area (Å²) < 4.78 is 13.9. The number of carbonyl (C=O) groups excluding carboxylic acids is 1. The van der Waals surface area contributed by atoms with Crippen LogP contribution in [0.4, 0.5) is 4.39 Å². The van der Waals surface area contributed by atoms with Gasteiger partial charge in [-0.3, -0.25) is 14.5 Å². The summed E-state index contributed by atoms with van der Waals surface area (Å²) in [7, 11) is 0. The average Bonchev–Trinajstić information content (AvgIpc) is 2.90. The monoisotopic (exact) mass is 545 g/mol. The molecule has 2 fully saturated rings. The maximum atomic E-state index is 13.9. The molecule has 2 aliphatic heterocycles. The largest absolute Gasteiger partial charge is 0.396 e. The van der Waals surface area contributed by atoms with Crippen LogP contribution in [0.2, 0.25) is 10.0 Å². The minimum Gasteiger partial charge on any atom is -0.396 e. The number of amides is 1. The number of carbonyl (C=O) groups is 1. The van der Waals surface area contributed by atoms with Gasteiger partial charge in [-0.25, -0.2) is 4.39 Å². The van der Waals surface area contributed by atoms with E-state index in [0.717, 1.165) is 44.3 Å². The molecule has 0 aliphatic carbocycles. The summed E-state index contributed by atoms with van der Waals surface area (Å²) in [4.78, 5) is 32.3. The summed E-state index contributed by atoms with van der Waals surface area (Å²) in [5.41, 5.74) is 1.44. The van der Waals surface area contributed by atoms with Crippen molar-refractivity contribution in [2.45, 2.75) is 31.7 Å². The predicted molar refractivity (Wildman–Crippen MR) is 144 cm³/mol. The first kappa shape index (κ1) is 26.2. The summed E-state index contributed by atoms with van der Waals surface area (Å²) in [6.07, 6.45) is 3.47. The number of pyridine rings is 1. The molecule has 0 radical (unpaired) electrons. The third-order valence-corrected chi connectivity index (χ3v) is 8.68. The van der Waals surface area contributed by atoms with Crippen molar-refractivity contribution in [2.24, 2.45) is 11.8 Å². The van der Waals surface area contributed by atoms with Crippen molar-refractivity contribution >= 4 is 40.0 Å². The second-order valence-electron chi connectivity index (χ2n) is 10.2. The molecule has 1 aromatic heterocycles. The minimum absolute atomic E-state index is 0.131. The predicted octanol–water partition coefficient (Wildman–Crippen LogP) is 4.75. The van der Waals surface area contributed by atoms with E-state index in [-0.39, 0.29) is 29.6 Å². The molecule has 5 rings (SSSR count). The van der Waals surface area contributed by atoms with Gasteiger partial charge in [0, 0.05) is 49.3 Å². The average molecular weight is 546 g/mol. The van der Waals surface area contributed by atoms with Gasteiger partial charge in [-0.2, -0.15) is 0 Å². The molecule has 0 spiro atoms. The third kappa shape index (κ3) is 5.70. The molecule has 2 N–H and O–H groups in total. The van der Waals surface area contributed by atoms with Gasteiger partial charge in [0.2, 0.25) is 5.56 Å². The topological polar surface area (TPSA) is 76.6 Å². The van der Waals surface area contributed by atoms with E-state index in [9.17, 15) is 19.1 Å². The lowest BCUT2D eigenvalue weighted by Gasteiger charge is -2.44. The van der Waals surface area contributed by atoms with Crippen molar-refractivity contribution in [1.82, 2.24) is 14.8 Å². The molecule has 2 saturated heterocycles. The molecular formula is C28H30Cl2FN3O3. The Morgan fingerprint density at radius 2 is 1.78 bits per heavy atom. The van der Waals surface area contributed by atoms with E-state index in [0.29, 0.717) is 46.0 Å². The van der Waals surface area contributed by atoms with E-state index in [4.69, 9.17) is 23.2 Å². The maximum absolute atomic E-state index is 13.9. The standard InChI is InChI=1S/C28H30Cl2FN3O3/c29-24-3-1-17(12-25(24)30)11-18-5-8-34(15-19(18)16-35)21-6-9-33(10-7-21)28(37)23-14-27(36)32-26-4-2-20(31)13-22(23)26/h1-4,12-14,18-19,21,35H,5-11,15-16H2,(H,32,36). The molecule has 37 heavy (non-hydrogen) atoms. The highest BCUT2D eigenvalue weighted by atomic mass is 35.5. The zero-order valence-electron chi connectivity index (χ0n) is 20.4. The number of hydrogen-bond acceptors (Lipinski definition) is 4. The fourth-order valence-corrected chi connectivity index (χ4v) is 6.21. The van der Waals surface area contributed by atoms with E-state index in [2.05, 4.69) is 9.88 Å². The van der Waals surface area contributed by atoms with Gasteiger partial charge in [-0.1, -0.05) is 29.3 Å². The van der Waals surface area contributed by atoms with Gasteiger partial charge in [-0.15, -0.1) is 0 Å². The van der Waals surface area contributed by atoms with Crippen molar-refractivity contribution in [3.63, 3.8) is 0 Å². The number of nitrogens with one attached hydrogen (secondary N) is 1. The number of halogens is 3. The normalized spacial score (nSPS) is 21.5. The fraction of sp³-hybridized carbons (Fsp3) is 0.429. The van der Waals surface area contributed by atoms with Gasteiger partial charge in [0.25, 0.3) is 5.91 Å². The number of piperidine rings is 2. The molecule has 6 nitrogen and oxygen atoms in total. The van der Waals surface area contributed by atoms with E-state index in [1.807, 2.05) is 18.2 Å². The van der Waals surface area contributed by atoms with Crippen LogP contribution in [0.5, 0.6) is 0 Å². The van der Waals surface area contributed by atoms with Crippen LogP contribution in [0.1, 0.15) is 35.2 Å². The number of aliphatic hydroxyl groups is 1. The number of aliphatic hydroxyl groups excluding tert-OH is 1. The Balaban J connectivity index is 1.21. The van der Waals surface area contributed by atoms with Gasteiger partial charge in [0.15, 0.2) is 0 Å². The highest BCUT2D eigenvalue weighted by Crippen LogP contribution is 2.32. The Morgan fingerprint density at radius 3 is 2.51 bits per heavy atom. The molecule has 0 saturated carbocycles. The molecule has 9 heteroatoms. The number of benzene rings is 2. The summed E-state index contributed by atoms with van der Waals surface area (Å²) >= 11 is 12.2. The van der Waals surface area contributed by atoms with Crippen LogP contribution >= 0.6 is 23.2 Å². The van der Waals surface area contributed by atoms with Gasteiger partial charge < -0.3 is 15.0 Å². The van der Waals surface area contributed by atoms with E-state index < -0.39 is 5.82 Å². The van der Waals surface area contributed by atoms with E-state index >= 15 is 0 Å².